The standard InChI is InChI=1S/C49H30N8/c1-25-9-8-16-32-23-40-41(24-33(25)32)49-56-47-39-22-31-15-7-6-14-30(31)21-38(39)45(54-47)52-43-35-18-27-11-3-2-10-26(27)17-34(35)42(50-43)51-44-36-19-28-12-4-5-13-29(28)20-37(36)46(53-44)55-48(40)57-49/h2-8,10-25H,9H2,1H3,(H2,50,51,52,53,54,55,56,57). The Morgan fingerprint density at radius 1 is 0.421 bits per heavy atom. The van der Waals surface area contributed by atoms with E-state index in [1.807, 2.05) is 0 Å². The van der Waals surface area contributed by atoms with Crippen LogP contribution >= 0.6 is 0 Å². The molecule has 0 saturated carbocycles. The van der Waals surface area contributed by atoms with Crippen LogP contribution in [0.15, 0.2) is 127 Å². The molecule has 7 aromatic carbocycles. The van der Waals surface area contributed by atoms with Crippen LogP contribution in [0.5, 0.6) is 0 Å². The Hall–Kier alpha value is -7.58. The number of H-pyrrole nitrogens is 2. The van der Waals surface area contributed by atoms with E-state index in [0.29, 0.717) is 51.8 Å². The highest BCUT2D eigenvalue weighted by atomic mass is 15.1. The summed E-state index contributed by atoms with van der Waals surface area (Å²) in [5.41, 5.74) is 8.95. The van der Waals surface area contributed by atoms with Gasteiger partial charge in [0.2, 0.25) is 0 Å². The number of allylic oxidation sites excluding steroid dienone is 1. The van der Waals surface area contributed by atoms with E-state index in [4.69, 9.17) is 29.9 Å². The molecule has 266 valence electrons. The quantitative estimate of drug-likeness (QED) is 0.161. The molecule has 3 aromatic heterocycles. The van der Waals surface area contributed by atoms with Gasteiger partial charge in [0.15, 0.2) is 23.3 Å². The van der Waals surface area contributed by atoms with Crippen LogP contribution in [0.25, 0.3) is 128 Å². The highest BCUT2D eigenvalue weighted by Gasteiger charge is 2.26. The normalized spacial score (nSPS) is 14.4. The maximum Gasteiger partial charge on any atom is 0.164 e. The van der Waals surface area contributed by atoms with Crippen molar-refractivity contribution in [2.45, 2.75) is 19.3 Å². The van der Waals surface area contributed by atoms with E-state index in [2.05, 4.69) is 150 Å². The molecular formula is C49H30N8. The molecule has 1 unspecified atom stereocenters. The molecule has 13 rings (SSSR count). The summed E-state index contributed by atoms with van der Waals surface area (Å²) in [6.07, 6.45) is 5.47. The van der Waals surface area contributed by atoms with E-state index in [0.717, 1.165) is 82.5 Å². The van der Waals surface area contributed by atoms with Crippen molar-refractivity contribution in [2.75, 3.05) is 0 Å². The van der Waals surface area contributed by atoms with Gasteiger partial charge in [0.25, 0.3) is 0 Å². The molecule has 5 heterocycles. The van der Waals surface area contributed by atoms with E-state index in [1.54, 1.807) is 0 Å². The second-order valence-corrected chi connectivity index (χ2v) is 15.4. The predicted molar refractivity (Wildman–Crippen MR) is 231 cm³/mol. The largest absolute Gasteiger partial charge is 0.324 e. The molecule has 10 aromatic rings. The minimum absolute atomic E-state index is 0.376. The molecule has 2 N–H and O–H groups in total. The van der Waals surface area contributed by atoms with Crippen molar-refractivity contribution in [3.05, 3.63) is 139 Å². The molecule has 57 heavy (non-hydrogen) atoms. The molecule has 8 heteroatoms. The van der Waals surface area contributed by atoms with Gasteiger partial charge >= 0.3 is 0 Å². The topological polar surface area (TPSA) is 109 Å². The van der Waals surface area contributed by atoms with Gasteiger partial charge in [0.05, 0.1) is 0 Å². The first kappa shape index (κ1) is 30.7. The fourth-order valence-corrected chi connectivity index (χ4v) is 9.03. The van der Waals surface area contributed by atoms with Crippen LogP contribution in [0, 0.1) is 0 Å². The van der Waals surface area contributed by atoms with Crippen molar-refractivity contribution in [3.63, 3.8) is 0 Å². The maximum atomic E-state index is 5.36. The number of aromatic nitrogens is 8. The van der Waals surface area contributed by atoms with Crippen molar-refractivity contribution in [1.82, 2.24) is 39.9 Å². The van der Waals surface area contributed by atoms with E-state index in [9.17, 15) is 0 Å². The molecule has 1 aliphatic carbocycles. The van der Waals surface area contributed by atoms with Gasteiger partial charge in [-0.2, -0.15) is 0 Å². The van der Waals surface area contributed by atoms with Crippen LogP contribution in [0.2, 0.25) is 0 Å². The molecule has 0 fully saturated rings. The lowest BCUT2D eigenvalue weighted by molar-refractivity contribution is 0.772. The molecule has 0 amide bonds. The molecule has 0 radical (unpaired) electrons. The highest BCUT2D eigenvalue weighted by Crippen LogP contribution is 2.42. The first-order chi connectivity index (χ1) is 28.1. The van der Waals surface area contributed by atoms with Crippen molar-refractivity contribution >= 4 is 82.5 Å². The molecule has 2 aliphatic heterocycles. The van der Waals surface area contributed by atoms with E-state index < -0.39 is 0 Å². The fourth-order valence-electron chi connectivity index (χ4n) is 9.03. The van der Waals surface area contributed by atoms with Gasteiger partial charge in [-0.25, -0.2) is 29.9 Å². The summed E-state index contributed by atoms with van der Waals surface area (Å²) in [5.74, 6) is 2.76. The molecule has 3 aliphatic rings. The van der Waals surface area contributed by atoms with Gasteiger partial charge in [-0.3, -0.25) is 0 Å². The van der Waals surface area contributed by atoms with Gasteiger partial charge in [-0.1, -0.05) is 91.9 Å². The fraction of sp³-hybridized carbons (Fsp3) is 0.0612. The minimum Gasteiger partial charge on any atom is -0.324 e. The summed E-state index contributed by atoms with van der Waals surface area (Å²) < 4.78 is 0. The third-order valence-corrected chi connectivity index (χ3v) is 12.0. The Kier molecular flexibility index (Phi) is 6.06. The third-order valence-electron chi connectivity index (χ3n) is 12.0. The zero-order valence-electron chi connectivity index (χ0n) is 30.7. The van der Waals surface area contributed by atoms with Crippen molar-refractivity contribution < 1.29 is 0 Å². The van der Waals surface area contributed by atoms with Crippen LogP contribution in [-0.2, 0) is 0 Å². The summed E-state index contributed by atoms with van der Waals surface area (Å²) in [7, 11) is 0. The maximum absolute atomic E-state index is 5.36. The monoisotopic (exact) mass is 730 g/mol. The van der Waals surface area contributed by atoms with Crippen LogP contribution in [0.4, 0.5) is 0 Å². The molecule has 1 atom stereocenters. The smallest absolute Gasteiger partial charge is 0.164 e. The Balaban J connectivity index is 1.23. The van der Waals surface area contributed by atoms with Crippen molar-refractivity contribution in [2.24, 2.45) is 0 Å². The Labute approximate surface area is 324 Å². The van der Waals surface area contributed by atoms with E-state index >= 15 is 0 Å². The summed E-state index contributed by atoms with van der Waals surface area (Å²) in [6.45, 7) is 2.28. The third kappa shape index (κ3) is 4.55. The second-order valence-electron chi connectivity index (χ2n) is 15.4. The van der Waals surface area contributed by atoms with Gasteiger partial charge in [-0.15, -0.1) is 0 Å². The number of benzene rings is 7. The zero-order valence-corrected chi connectivity index (χ0v) is 30.7. The Bertz CT molecular complexity index is 3650. The van der Waals surface area contributed by atoms with Gasteiger partial charge in [0.1, 0.15) is 22.6 Å². The van der Waals surface area contributed by atoms with Crippen LogP contribution in [0.1, 0.15) is 30.4 Å². The average molecular weight is 731 g/mol. The average Bonchev–Trinajstić information content (AvgIpc) is 3.95. The summed E-state index contributed by atoms with van der Waals surface area (Å²) >= 11 is 0. The number of hydrogen-bond acceptors (Lipinski definition) is 6. The van der Waals surface area contributed by atoms with Gasteiger partial charge < -0.3 is 9.97 Å². The van der Waals surface area contributed by atoms with Crippen LogP contribution in [0.3, 0.4) is 0 Å². The highest BCUT2D eigenvalue weighted by molar-refractivity contribution is 6.13. The Morgan fingerprint density at radius 2 is 0.772 bits per heavy atom. The molecule has 8 bridgehead atoms. The van der Waals surface area contributed by atoms with E-state index in [1.165, 1.54) is 11.1 Å². The number of aromatic amines is 2. The zero-order chi connectivity index (χ0) is 37.4. The molecule has 0 spiro atoms. The lowest BCUT2D eigenvalue weighted by Crippen LogP contribution is -2.00. The molecule has 0 saturated heterocycles. The number of hydrogen-bond donors (Lipinski definition) is 2. The summed E-state index contributed by atoms with van der Waals surface area (Å²) in [5, 5.41) is 10.5. The SMILES string of the molecule is CC1CC=Cc2cc3c(cc21)-c1nc-3nc2[nH]c(nc3nc(nc4[nH]c(n1)c1cc5ccccc5cc41)-c1cc4ccccc4cc1-3)c1cc3ccccc3cc21. The van der Waals surface area contributed by atoms with Crippen LogP contribution < -0.4 is 0 Å². The number of rotatable bonds is 0. The summed E-state index contributed by atoms with van der Waals surface area (Å²) in [6, 6.07) is 42.8. The first-order valence-corrected chi connectivity index (χ1v) is 19.3. The number of fused-ring (bicyclic) bond motifs is 24. The number of nitrogens with zero attached hydrogens (tertiary/aromatic N) is 6. The first-order valence-electron chi connectivity index (χ1n) is 19.3. The predicted octanol–water partition coefficient (Wildman–Crippen LogP) is 11.8. The van der Waals surface area contributed by atoms with Crippen LogP contribution in [-0.4, -0.2) is 39.9 Å². The lowest BCUT2D eigenvalue weighted by atomic mass is 9.86. The van der Waals surface area contributed by atoms with Gasteiger partial charge in [0, 0.05) is 43.8 Å². The van der Waals surface area contributed by atoms with Crippen molar-refractivity contribution in [1.29, 1.82) is 0 Å². The molecule has 8 nitrogen and oxygen atoms in total. The van der Waals surface area contributed by atoms with Crippen molar-refractivity contribution in [3.8, 4) is 45.6 Å². The van der Waals surface area contributed by atoms with E-state index in [-0.39, 0.29) is 0 Å². The van der Waals surface area contributed by atoms with Gasteiger partial charge in [-0.05, 0) is 104 Å². The Morgan fingerprint density at radius 3 is 1.18 bits per heavy atom. The molecular weight excluding hydrogens is 701 g/mol. The minimum atomic E-state index is 0.376. The summed E-state index contributed by atoms with van der Waals surface area (Å²) in [4.78, 5) is 39.1. The lowest BCUT2D eigenvalue weighted by Gasteiger charge is -2.19. The number of nitrogens with one attached hydrogen (secondary N) is 2. The second kappa shape index (κ2) is 11.2.